The third kappa shape index (κ3) is 2.78. The number of benzene rings is 1. The van der Waals surface area contributed by atoms with E-state index in [0.29, 0.717) is 17.3 Å². The van der Waals surface area contributed by atoms with Crippen LogP contribution in [0.15, 0.2) is 52.0 Å². The zero-order valence-electron chi connectivity index (χ0n) is 13.6. The molecule has 1 atom stereocenters. The topological polar surface area (TPSA) is 67.6 Å². The van der Waals surface area contributed by atoms with E-state index in [4.69, 9.17) is 0 Å². The van der Waals surface area contributed by atoms with Crippen LogP contribution in [0.2, 0.25) is 0 Å². The normalized spacial score (nSPS) is 18.9. The Hall–Kier alpha value is -1.77. The fraction of sp³-hybridized carbons (Fsp3) is 0.294. The summed E-state index contributed by atoms with van der Waals surface area (Å²) in [6.45, 7) is 2.38. The summed E-state index contributed by atoms with van der Waals surface area (Å²) in [4.78, 5) is 0.314. The SMILES string of the molecule is Cc1cc(S(=O)(=O)N2CCCC2c2nnc3ccccn23)ccc1Br. The van der Waals surface area contributed by atoms with Gasteiger partial charge in [-0.05, 0) is 55.7 Å². The van der Waals surface area contributed by atoms with Crippen LogP contribution in [0, 0.1) is 6.92 Å². The molecule has 1 aromatic carbocycles. The van der Waals surface area contributed by atoms with E-state index in [0.717, 1.165) is 28.5 Å². The highest BCUT2D eigenvalue weighted by atomic mass is 79.9. The highest BCUT2D eigenvalue weighted by molar-refractivity contribution is 9.10. The van der Waals surface area contributed by atoms with E-state index in [9.17, 15) is 8.42 Å². The van der Waals surface area contributed by atoms with Crippen LogP contribution >= 0.6 is 15.9 Å². The van der Waals surface area contributed by atoms with Crippen molar-refractivity contribution in [2.45, 2.75) is 30.7 Å². The van der Waals surface area contributed by atoms with Crippen molar-refractivity contribution in [1.82, 2.24) is 18.9 Å². The maximum atomic E-state index is 13.2. The highest BCUT2D eigenvalue weighted by Gasteiger charge is 2.38. The van der Waals surface area contributed by atoms with Crippen LogP contribution in [0.4, 0.5) is 0 Å². The number of rotatable bonds is 3. The molecule has 0 spiro atoms. The van der Waals surface area contributed by atoms with Crippen molar-refractivity contribution in [2.24, 2.45) is 0 Å². The molecule has 1 unspecified atom stereocenters. The summed E-state index contributed by atoms with van der Waals surface area (Å²) >= 11 is 3.42. The van der Waals surface area contributed by atoms with Gasteiger partial charge in [-0.25, -0.2) is 8.42 Å². The van der Waals surface area contributed by atoms with Gasteiger partial charge in [0.25, 0.3) is 0 Å². The van der Waals surface area contributed by atoms with Crippen molar-refractivity contribution in [3.05, 3.63) is 58.5 Å². The average molecular weight is 421 g/mol. The molecule has 1 fully saturated rings. The summed E-state index contributed by atoms with van der Waals surface area (Å²) in [6, 6.07) is 10.5. The van der Waals surface area contributed by atoms with Crippen LogP contribution in [0.3, 0.4) is 0 Å². The quantitative estimate of drug-likeness (QED) is 0.651. The summed E-state index contributed by atoms with van der Waals surface area (Å²) < 4.78 is 30.7. The molecule has 0 saturated carbocycles. The number of nitrogens with zero attached hydrogens (tertiary/aromatic N) is 4. The molecule has 1 aliphatic rings. The molecule has 3 heterocycles. The Bertz CT molecular complexity index is 1050. The first-order valence-electron chi connectivity index (χ1n) is 8.06. The monoisotopic (exact) mass is 420 g/mol. The lowest BCUT2D eigenvalue weighted by molar-refractivity contribution is 0.381. The molecular weight excluding hydrogens is 404 g/mol. The predicted molar refractivity (Wildman–Crippen MR) is 97.7 cm³/mol. The van der Waals surface area contributed by atoms with E-state index in [2.05, 4.69) is 26.1 Å². The molecule has 0 aliphatic carbocycles. The van der Waals surface area contributed by atoms with Crippen molar-refractivity contribution in [3.63, 3.8) is 0 Å². The van der Waals surface area contributed by atoms with Crippen LogP contribution in [-0.2, 0) is 10.0 Å². The lowest BCUT2D eigenvalue weighted by Gasteiger charge is -2.23. The molecule has 1 aliphatic heterocycles. The summed E-state index contributed by atoms with van der Waals surface area (Å²) in [5.74, 6) is 0.672. The van der Waals surface area contributed by atoms with Gasteiger partial charge in [0.2, 0.25) is 10.0 Å². The van der Waals surface area contributed by atoms with Gasteiger partial charge in [0.05, 0.1) is 10.9 Å². The summed E-state index contributed by atoms with van der Waals surface area (Å²) in [5, 5.41) is 8.43. The number of sulfonamides is 1. The van der Waals surface area contributed by atoms with Gasteiger partial charge in [-0.2, -0.15) is 4.31 Å². The number of hydrogen-bond donors (Lipinski definition) is 0. The number of aromatic nitrogens is 3. The maximum Gasteiger partial charge on any atom is 0.243 e. The first-order chi connectivity index (χ1) is 12.0. The second-order valence-electron chi connectivity index (χ2n) is 6.17. The van der Waals surface area contributed by atoms with Gasteiger partial charge in [0.15, 0.2) is 11.5 Å². The minimum absolute atomic E-state index is 0.300. The predicted octanol–water partition coefficient (Wildman–Crippen LogP) is 3.33. The summed E-state index contributed by atoms with van der Waals surface area (Å²) in [6.07, 6.45) is 3.42. The van der Waals surface area contributed by atoms with Crippen LogP contribution in [0.5, 0.6) is 0 Å². The molecule has 0 amide bonds. The Morgan fingerprint density at radius 1 is 1.20 bits per heavy atom. The van der Waals surface area contributed by atoms with Crippen LogP contribution in [0.25, 0.3) is 5.65 Å². The fourth-order valence-electron chi connectivity index (χ4n) is 3.29. The smallest absolute Gasteiger partial charge is 0.243 e. The Morgan fingerprint density at radius 3 is 2.84 bits per heavy atom. The molecule has 2 aromatic heterocycles. The van der Waals surface area contributed by atoms with E-state index in [1.165, 1.54) is 0 Å². The number of halogens is 1. The molecule has 1 saturated heterocycles. The molecule has 0 N–H and O–H groups in total. The molecule has 0 bridgehead atoms. The van der Waals surface area contributed by atoms with Gasteiger partial charge in [-0.3, -0.25) is 4.40 Å². The zero-order valence-corrected chi connectivity index (χ0v) is 16.0. The number of pyridine rings is 1. The van der Waals surface area contributed by atoms with Crippen LogP contribution in [-0.4, -0.2) is 33.9 Å². The second-order valence-corrected chi connectivity index (χ2v) is 8.92. The Kier molecular flexibility index (Phi) is 4.13. The van der Waals surface area contributed by atoms with E-state index >= 15 is 0 Å². The molecular formula is C17H17BrN4O2S. The van der Waals surface area contributed by atoms with Gasteiger partial charge < -0.3 is 0 Å². The lowest BCUT2D eigenvalue weighted by Crippen LogP contribution is -2.31. The third-order valence-electron chi connectivity index (χ3n) is 4.58. The zero-order chi connectivity index (χ0) is 17.6. The van der Waals surface area contributed by atoms with Crippen molar-refractivity contribution in [3.8, 4) is 0 Å². The van der Waals surface area contributed by atoms with Gasteiger partial charge in [-0.1, -0.05) is 22.0 Å². The molecule has 6 nitrogen and oxygen atoms in total. The minimum atomic E-state index is -3.59. The second kappa shape index (κ2) is 6.19. The van der Waals surface area contributed by atoms with E-state index in [1.54, 1.807) is 22.5 Å². The van der Waals surface area contributed by atoms with Crippen LogP contribution in [0.1, 0.15) is 30.3 Å². The van der Waals surface area contributed by atoms with E-state index in [-0.39, 0.29) is 6.04 Å². The van der Waals surface area contributed by atoms with Gasteiger partial charge in [0, 0.05) is 17.2 Å². The van der Waals surface area contributed by atoms with Crippen molar-refractivity contribution < 1.29 is 8.42 Å². The lowest BCUT2D eigenvalue weighted by atomic mass is 10.2. The van der Waals surface area contributed by atoms with E-state index in [1.807, 2.05) is 35.7 Å². The standard InChI is InChI=1S/C17H17BrN4O2S/c1-12-11-13(7-8-14(12)18)25(23,24)22-10-4-5-15(22)17-20-19-16-6-2-3-9-21(16)17/h2-3,6-9,11,15H,4-5,10H2,1H3. The van der Waals surface area contributed by atoms with Crippen molar-refractivity contribution in [2.75, 3.05) is 6.54 Å². The molecule has 130 valence electrons. The number of fused-ring (bicyclic) bond motifs is 1. The van der Waals surface area contributed by atoms with Crippen molar-refractivity contribution >= 4 is 31.6 Å². The first-order valence-corrected chi connectivity index (χ1v) is 10.3. The average Bonchev–Trinajstić information content (AvgIpc) is 3.23. The number of hydrogen-bond acceptors (Lipinski definition) is 4. The van der Waals surface area contributed by atoms with Crippen molar-refractivity contribution in [1.29, 1.82) is 0 Å². The minimum Gasteiger partial charge on any atom is -0.285 e. The maximum absolute atomic E-state index is 13.2. The molecule has 4 rings (SSSR count). The van der Waals surface area contributed by atoms with E-state index < -0.39 is 10.0 Å². The van der Waals surface area contributed by atoms with Gasteiger partial charge in [0.1, 0.15) is 0 Å². The fourth-order valence-corrected chi connectivity index (χ4v) is 5.27. The molecule has 8 heteroatoms. The molecule has 3 aromatic rings. The third-order valence-corrected chi connectivity index (χ3v) is 7.37. The Labute approximate surface area is 154 Å². The first kappa shape index (κ1) is 16.7. The number of aryl methyl sites for hydroxylation is 1. The van der Waals surface area contributed by atoms with Gasteiger partial charge >= 0.3 is 0 Å². The summed E-state index contributed by atoms with van der Waals surface area (Å²) in [7, 11) is -3.59. The van der Waals surface area contributed by atoms with Gasteiger partial charge in [-0.15, -0.1) is 10.2 Å². The largest absolute Gasteiger partial charge is 0.285 e. The Balaban J connectivity index is 1.77. The molecule has 0 radical (unpaired) electrons. The molecule has 25 heavy (non-hydrogen) atoms. The van der Waals surface area contributed by atoms with Crippen LogP contribution < -0.4 is 0 Å². The Morgan fingerprint density at radius 2 is 2.04 bits per heavy atom. The highest BCUT2D eigenvalue weighted by Crippen LogP contribution is 2.36. The summed E-state index contributed by atoms with van der Waals surface area (Å²) in [5.41, 5.74) is 1.62.